The summed E-state index contributed by atoms with van der Waals surface area (Å²) >= 11 is 6.11. The van der Waals surface area contributed by atoms with E-state index >= 15 is 0 Å². The van der Waals surface area contributed by atoms with Crippen molar-refractivity contribution in [3.63, 3.8) is 0 Å². The summed E-state index contributed by atoms with van der Waals surface area (Å²) in [7, 11) is 0. The third kappa shape index (κ3) is 1.55. The molecule has 3 unspecified atom stereocenters. The topological polar surface area (TPSA) is 34.1 Å². The Morgan fingerprint density at radius 3 is 2.41 bits per heavy atom. The van der Waals surface area contributed by atoms with Crippen LogP contribution in [-0.4, -0.2) is 11.6 Å². The van der Waals surface area contributed by atoms with Crippen LogP contribution in [-0.2, 0) is 9.59 Å². The van der Waals surface area contributed by atoms with Gasteiger partial charge in [-0.05, 0) is 12.0 Å². The zero-order valence-electron chi connectivity index (χ0n) is 9.10. The Kier molecular flexibility index (Phi) is 2.40. The lowest BCUT2D eigenvalue weighted by atomic mass is 9.65. The van der Waals surface area contributed by atoms with Crippen molar-refractivity contribution in [3.05, 3.63) is 47.0 Å². The van der Waals surface area contributed by atoms with Gasteiger partial charge in [-0.1, -0.05) is 48.0 Å². The van der Waals surface area contributed by atoms with Crippen LogP contribution in [0, 0.1) is 11.8 Å². The molecule has 3 heteroatoms. The molecule has 4 rings (SSSR count). The van der Waals surface area contributed by atoms with Crippen LogP contribution in [0.15, 0.2) is 41.4 Å². The van der Waals surface area contributed by atoms with E-state index in [4.69, 9.17) is 11.6 Å². The van der Waals surface area contributed by atoms with Crippen LogP contribution in [0.2, 0.25) is 0 Å². The van der Waals surface area contributed by atoms with Crippen LogP contribution in [0.4, 0.5) is 0 Å². The van der Waals surface area contributed by atoms with Gasteiger partial charge in [0.25, 0.3) is 0 Å². The molecule has 86 valence electrons. The maximum Gasteiger partial charge on any atom is 0.207 e. The molecule has 0 aliphatic heterocycles. The smallest absolute Gasteiger partial charge is 0.207 e. The normalized spacial score (nSPS) is 31.6. The molecule has 1 fully saturated rings. The van der Waals surface area contributed by atoms with Crippen LogP contribution >= 0.6 is 11.6 Å². The molecular formula is C14H11ClO2. The van der Waals surface area contributed by atoms with E-state index < -0.39 is 5.92 Å². The third-order valence-corrected chi connectivity index (χ3v) is 4.02. The number of fused-ring (bicyclic) bond motifs is 2. The van der Waals surface area contributed by atoms with E-state index in [1.165, 1.54) is 0 Å². The Bertz CT molecular complexity index is 518. The number of Topliss-reactive ketones (excluding diaryl/α,β-unsaturated/α-hetero) is 2. The summed E-state index contributed by atoms with van der Waals surface area (Å²) in [5.41, 5.74) is 1.09. The van der Waals surface area contributed by atoms with Crippen LogP contribution in [0.25, 0.3) is 0 Å². The number of ketones is 2. The van der Waals surface area contributed by atoms with Gasteiger partial charge in [0, 0.05) is 16.9 Å². The molecule has 0 N–H and O–H groups in total. The predicted molar refractivity (Wildman–Crippen MR) is 64.7 cm³/mol. The quantitative estimate of drug-likeness (QED) is 0.714. The Labute approximate surface area is 104 Å². The highest BCUT2D eigenvalue weighted by atomic mass is 35.5. The summed E-state index contributed by atoms with van der Waals surface area (Å²) in [6, 6.07) is 9.82. The number of benzene rings is 1. The first-order valence-corrected chi connectivity index (χ1v) is 6.06. The molecule has 0 spiro atoms. The second-order valence-corrected chi connectivity index (χ2v) is 5.05. The number of hydrogen-bond acceptors (Lipinski definition) is 2. The van der Waals surface area contributed by atoms with Crippen molar-refractivity contribution < 1.29 is 9.59 Å². The summed E-state index contributed by atoms with van der Waals surface area (Å²) in [5.74, 6) is -1.29. The first kappa shape index (κ1) is 10.7. The van der Waals surface area contributed by atoms with Gasteiger partial charge in [0.15, 0.2) is 0 Å². The third-order valence-electron chi connectivity index (χ3n) is 3.66. The van der Waals surface area contributed by atoms with E-state index in [1.54, 1.807) is 6.08 Å². The van der Waals surface area contributed by atoms with E-state index in [9.17, 15) is 9.59 Å². The molecule has 0 radical (unpaired) electrons. The van der Waals surface area contributed by atoms with Gasteiger partial charge in [0.05, 0.1) is 5.92 Å². The summed E-state index contributed by atoms with van der Waals surface area (Å²) in [6.45, 7) is 0. The monoisotopic (exact) mass is 246 g/mol. The first-order valence-electron chi connectivity index (χ1n) is 5.68. The molecule has 1 aromatic rings. The Balaban J connectivity index is 2.04. The van der Waals surface area contributed by atoms with Gasteiger partial charge in [-0.2, -0.15) is 0 Å². The molecule has 3 atom stereocenters. The van der Waals surface area contributed by atoms with Crippen molar-refractivity contribution in [1.29, 1.82) is 0 Å². The van der Waals surface area contributed by atoms with Crippen molar-refractivity contribution >= 4 is 23.2 Å². The van der Waals surface area contributed by atoms with Gasteiger partial charge in [-0.3, -0.25) is 9.59 Å². The zero-order chi connectivity index (χ0) is 12.0. The van der Waals surface area contributed by atoms with Crippen LogP contribution in [0.1, 0.15) is 17.9 Å². The average molecular weight is 247 g/mol. The molecular weight excluding hydrogens is 236 g/mol. The van der Waals surface area contributed by atoms with Crippen molar-refractivity contribution in [1.82, 2.24) is 0 Å². The van der Waals surface area contributed by atoms with Gasteiger partial charge in [-0.15, -0.1) is 0 Å². The number of carbonyl (C=O) groups excluding carboxylic acids is 2. The zero-order valence-corrected chi connectivity index (χ0v) is 9.85. The Hall–Kier alpha value is -1.41. The van der Waals surface area contributed by atoms with Crippen molar-refractivity contribution in [2.24, 2.45) is 11.8 Å². The van der Waals surface area contributed by atoms with Gasteiger partial charge >= 0.3 is 0 Å². The van der Waals surface area contributed by atoms with Crippen molar-refractivity contribution in [2.45, 2.75) is 12.3 Å². The molecule has 17 heavy (non-hydrogen) atoms. The van der Waals surface area contributed by atoms with Crippen LogP contribution in [0.5, 0.6) is 0 Å². The van der Waals surface area contributed by atoms with Crippen molar-refractivity contribution in [2.75, 3.05) is 0 Å². The molecule has 0 saturated heterocycles. The summed E-state index contributed by atoms with van der Waals surface area (Å²) < 4.78 is 0. The van der Waals surface area contributed by atoms with Gasteiger partial charge < -0.3 is 0 Å². The Morgan fingerprint density at radius 2 is 1.76 bits per heavy atom. The number of rotatable bonds is 1. The lowest BCUT2D eigenvalue weighted by molar-refractivity contribution is -0.143. The molecule has 3 aliphatic rings. The maximum atomic E-state index is 11.9. The molecule has 3 aliphatic carbocycles. The molecule has 1 aromatic carbocycles. The molecule has 0 amide bonds. The lowest BCUT2D eigenvalue weighted by Gasteiger charge is -2.37. The number of allylic oxidation sites excluding steroid dienone is 2. The minimum Gasteiger partial charge on any atom is -0.290 e. The van der Waals surface area contributed by atoms with Gasteiger partial charge in [0.1, 0.15) is 0 Å². The fourth-order valence-corrected chi connectivity index (χ4v) is 3.22. The largest absolute Gasteiger partial charge is 0.290 e. The van der Waals surface area contributed by atoms with E-state index in [0.717, 1.165) is 5.56 Å². The number of carbonyl (C=O) groups is 2. The van der Waals surface area contributed by atoms with E-state index in [0.29, 0.717) is 11.5 Å². The highest BCUT2D eigenvalue weighted by molar-refractivity contribution is 6.45. The van der Waals surface area contributed by atoms with E-state index in [1.807, 2.05) is 30.3 Å². The lowest BCUT2D eigenvalue weighted by Crippen LogP contribution is -2.43. The second-order valence-electron chi connectivity index (χ2n) is 4.62. The van der Waals surface area contributed by atoms with Crippen molar-refractivity contribution in [3.8, 4) is 0 Å². The summed E-state index contributed by atoms with van der Waals surface area (Å²) in [6.07, 6.45) is 2.45. The highest BCUT2D eigenvalue weighted by Gasteiger charge is 2.48. The number of halogens is 1. The minimum atomic E-state index is -0.448. The minimum absolute atomic E-state index is 0.0592. The summed E-state index contributed by atoms with van der Waals surface area (Å²) in [4.78, 5) is 23.6. The van der Waals surface area contributed by atoms with Crippen LogP contribution < -0.4 is 0 Å². The number of hydrogen-bond donors (Lipinski definition) is 0. The van der Waals surface area contributed by atoms with Gasteiger partial charge in [-0.25, -0.2) is 0 Å². The van der Waals surface area contributed by atoms with E-state index in [2.05, 4.69) is 0 Å². The molecule has 2 bridgehead atoms. The second kappa shape index (κ2) is 3.81. The maximum absolute atomic E-state index is 11.9. The fraction of sp³-hybridized carbons (Fsp3) is 0.286. The fourth-order valence-electron chi connectivity index (χ4n) is 2.82. The molecule has 0 heterocycles. The highest BCUT2D eigenvalue weighted by Crippen LogP contribution is 2.47. The standard InChI is InChI=1S/C14H11ClO2/c15-11-7-9-6-10(8-4-2-1-3-5-8)12(11)14(17)13(9)16/h1-5,7,9-10,12H,6H2. The van der Waals surface area contributed by atoms with E-state index in [-0.39, 0.29) is 23.4 Å². The van der Waals surface area contributed by atoms with Crippen LogP contribution in [0.3, 0.4) is 0 Å². The first-order chi connectivity index (χ1) is 8.18. The molecule has 2 nitrogen and oxygen atoms in total. The predicted octanol–water partition coefficient (Wildman–Crippen LogP) is 2.68. The van der Waals surface area contributed by atoms with Gasteiger partial charge in [0.2, 0.25) is 11.6 Å². The molecule has 1 saturated carbocycles. The molecule has 0 aromatic heterocycles. The average Bonchev–Trinajstić information content (AvgIpc) is 2.35. The SMILES string of the molecule is O=C1C(=O)C2C(Cl)=CC1CC2c1ccccc1. The summed E-state index contributed by atoms with van der Waals surface area (Å²) in [5, 5.41) is 0.541. The Morgan fingerprint density at radius 1 is 1.06 bits per heavy atom.